The van der Waals surface area contributed by atoms with E-state index in [0.717, 1.165) is 0 Å². The highest BCUT2D eigenvalue weighted by Gasteiger charge is 2.05. The number of hydrogen-bond acceptors (Lipinski definition) is 14. The second-order valence-electron chi connectivity index (χ2n) is 9.03. The zero-order valence-electron chi connectivity index (χ0n) is 26.7. The third-order valence-electron chi connectivity index (χ3n) is 5.45. The van der Waals surface area contributed by atoms with Crippen molar-refractivity contribution in [3.63, 3.8) is 0 Å². The summed E-state index contributed by atoms with van der Waals surface area (Å²) < 4.78 is 64.7. The summed E-state index contributed by atoms with van der Waals surface area (Å²) in [6.45, 7) is 11.5. The summed E-state index contributed by atoms with van der Waals surface area (Å²) in [6, 6.07) is 8.85. The minimum absolute atomic E-state index is 0.201. The standard InChI is InChI=1S/C31H55NO13/c32-6-7-34-8-9-35-10-11-36-12-13-37-14-15-38-16-17-39-18-19-40-20-21-41-22-23-42-24-25-43-26-27-44-28-29-45-31(33)30-4-2-1-3-5-30/h1-5H,6-29,32H2. The average molecular weight is 650 g/mol. The average Bonchev–Trinajstić information content (AvgIpc) is 3.06. The van der Waals surface area contributed by atoms with Crippen molar-refractivity contribution in [1.29, 1.82) is 0 Å². The largest absolute Gasteiger partial charge is 0.460 e. The normalized spacial score (nSPS) is 11.3. The first-order valence-electron chi connectivity index (χ1n) is 15.6. The van der Waals surface area contributed by atoms with Crippen molar-refractivity contribution < 1.29 is 61.6 Å². The second-order valence-corrected chi connectivity index (χ2v) is 9.03. The highest BCUT2D eigenvalue weighted by molar-refractivity contribution is 5.89. The Bertz CT molecular complexity index is 733. The summed E-state index contributed by atoms with van der Waals surface area (Å²) in [5, 5.41) is 0. The Balaban J connectivity index is 1.63. The Morgan fingerprint density at radius 3 is 0.889 bits per heavy atom. The number of carbonyl (C=O) groups excluding carboxylic acids is 1. The number of benzene rings is 1. The smallest absolute Gasteiger partial charge is 0.338 e. The number of carbonyl (C=O) groups is 1. The zero-order valence-corrected chi connectivity index (χ0v) is 26.7. The summed E-state index contributed by atoms with van der Waals surface area (Å²) >= 11 is 0. The fraction of sp³-hybridized carbons (Fsp3) is 0.774. The van der Waals surface area contributed by atoms with E-state index >= 15 is 0 Å². The summed E-state index contributed by atoms with van der Waals surface area (Å²) in [6.07, 6.45) is 0. The lowest BCUT2D eigenvalue weighted by Gasteiger charge is -2.09. The van der Waals surface area contributed by atoms with Gasteiger partial charge in [-0.2, -0.15) is 0 Å². The van der Waals surface area contributed by atoms with Crippen LogP contribution in [0.25, 0.3) is 0 Å². The summed E-state index contributed by atoms with van der Waals surface area (Å²) in [5.41, 5.74) is 5.85. The topological polar surface area (TPSA) is 154 Å². The highest BCUT2D eigenvalue weighted by Crippen LogP contribution is 2.00. The first-order chi connectivity index (χ1) is 22.3. The van der Waals surface area contributed by atoms with Gasteiger partial charge in [0.25, 0.3) is 0 Å². The Labute approximate surface area is 267 Å². The zero-order chi connectivity index (χ0) is 32.1. The van der Waals surface area contributed by atoms with E-state index in [2.05, 4.69) is 0 Å². The lowest BCUT2D eigenvalue weighted by atomic mass is 10.2. The molecule has 262 valence electrons. The predicted molar refractivity (Wildman–Crippen MR) is 165 cm³/mol. The van der Waals surface area contributed by atoms with Crippen molar-refractivity contribution >= 4 is 5.97 Å². The predicted octanol–water partition coefficient (Wildman–Crippen LogP) is 0.985. The quantitative estimate of drug-likeness (QED) is 0.0812. The third kappa shape index (κ3) is 30.6. The van der Waals surface area contributed by atoms with Gasteiger partial charge in [0.05, 0.1) is 151 Å². The van der Waals surface area contributed by atoms with E-state index in [1.807, 2.05) is 6.07 Å². The van der Waals surface area contributed by atoms with Crippen LogP contribution in [-0.4, -0.2) is 164 Å². The highest BCUT2D eigenvalue weighted by atomic mass is 16.6. The molecule has 1 aromatic rings. The molecule has 0 atom stereocenters. The molecule has 0 bridgehead atoms. The SMILES string of the molecule is NCCOCCOCCOCCOCCOCCOCCOCCOCCOCCOCCOCCOC(=O)c1ccccc1. The van der Waals surface area contributed by atoms with Crippen LogP contribution in [0, 0.1) is 0 Å². The molecule has 0 spiro atoms. The van der Waals surface area contributed by atoms with Gasteiger partial charge in [-0.05, 0) is 12.1 Å². The van der Waals surface area contributed by atoms with Crippen LogP contribution in [0.4, 0.5) is 0 Å². The van der Waals surface area contributed by atoms with Gasteiger partial charge >= 0.3 is 5.97 Å². The Hall–Kier alpha value is -1.79. The van der Waals surface area contributed by atoms with Gasteiger partial charge in [-0.15, -0.1) is 0 Å². The number of ether oxygens (including phenoxy) is 12. The van der Waals surface area contributed by atoms with Crippen molar-refractivity contribution in [3.8, 4) is 0 Å². The molecule has 0 aliphatic heterocycles. The van der Waals surface area contributed by atoms with E-state index in [4.69, 9.17) is 62.6 Å². The molecule has 0 radical (unpaired) electrons. The van der Waals surface area contributed by atoms with E-state index in [1.54, 1.807) is 24.3 Å². The van der Waals surface area contributed by atoms with Gasteiger partial charge in [0, 0.05) is 6.54 Å². The number of nitrogens with two attached hydrogens (primary N) is 1. The molecule has 1 rings (SSSR count). The van der Waals surface area contributed by atoms with Crippen LogP contribution in [0.5, 0.6) is 0 Å². The maximum absolute atomic E-state index is 11.8. The van der Waals surface area contributed by atoms with E-state index in [1.165, 1.54) is 0 Å². The molecule has 0 aliphatic rings. The van der Waals surface area contributed by atoms with Gasteiger partial charge in [0.1, 0.15) is 6.61 Å². The van der Waals surface area contributed by atoms with Crippen LogP contribution in [0.1, 0.15) is 10.4 Å². The molecule has 1 aromatic carbocycles. The molecule has 0 heterocycles. The fourth-order valence-electron chi connectivity index (χ4n) is 3.24. The lowest BCUT2D eigenvalue weighted by Crippen LogP contribution is -2.16. The second kappa shape index (κ2) is 35.1. The maximum atomic E-state index is 11.8. The molecule has 14 heteroatoms. The summed E-state index contributed by atoms with van der Waals surface area (Å²) in [5.74, 6) is -0.357. The van der Waals surface area contributed by atoms with Gasteiger partial charge in [0.15, 0.2) is 0 Å². The Morgan fingerprint density at radius 2 is 0.622 bits per heavy atom. The molecule has 0 amide bonds. The molecular weight excluding hydrogens is 594 g/mol. The van der Waals surface area contributed by atoms with Crippen LogP contribution >= 0.6 is 0 Å². The van der Waals surface area contributed by atoms with E-state index < -0.39 is 0 Å². The van der Waals surface area contributed by atoms with Gasteiger partial charge in [-0.3, -0.25) is 0 Å². The molecule has 0 saturated heterocycles. The molecular formula is C31H55NO13. The van der Waals surface area contributed by atoms with Crippen LogP contribution in [0.3, 0.4) is 0 Å². The van der Waals surface area contributed by atoms with Crippen LogP contribution in [-0.2, 0) is 56.8 Å². The Kier molecular flexibility index (Phi) is 32.1. The summed E-state index contributed by atoms with van der Waals surface area (Å²) in [7, 11) is 0. The Morgan fingerprint density at radius 1 is 0.378 bits per heavy atom. The van der Waals surface area contributed by atoms with Crippen molar-refractivity contribution in [2.24, 2.45) is 5.73 Å². The molecule has 0 aliphatic carbocycles. The van der Waals surface area contributed by atoms with Gasteiger partial charge in [0.2, 0.25) is 0 Å². The molecule has 2 N–H and O–H groups in total. The molecule has 45 heavy (non-hydrogen) atoms. The first-order valence-corrected chi connectivity index (χ1v) is 15.6. The molecule has 0 unspecified atom stereocenters. The number of rotatable bonds is 36. The van der Waals surface area contributed by atoms with Gasteiger partial charge < -0.3 is 62.6 Å². The number of esters is 1. The molecule has 0 saturated carbocycles. The van der Waals surface area contributed by atoms with E-state index in [0.29, 0.717) is 157 Å². The molecule has 0 fully saturated rings. The lowest BCUT2D eigenvalue weighted by molar-refractivity contribution is -0.0279. The van der Waals surface area contributed by atoms with Crippen molar-refractivity contribution in [3.05, 3.63) is 35.9 Å². The molecule has 14 nitrogen and oxygen atoms in total. The maximum Gasteiger partial charge on any atom is 0.338 e. The van der Waals surface area contributed by atoms with Crippen molar-refractivity contribution in [2.45, 2.75) is 0 Å². The van der Waals surface area contributed by atoms with Crippen LogP contribution in [0.2, 0.25) is 0 Å². The first kappa shape index (κ1) is 41.2. The number of hydrogen-bond donors (Lipinski definition) is 1. The minimum Gasteiger partial charge on any atom is -0.460 e. The van der Waals surface area contributed by atoms with E-state index in [-0.39, 0.29) is 12.6 Å². The van der Waals surface area contributed by atoms with Crippen molar-refractivity contribution in [1.82, 2.24) is 0 Å². The third-order valence-corrected chi connectivity index (χ3v) is 5.45. The summed E-state index contributed by atoms with van der Waals surface area (Å²) in [4.78, 5) is 11.8. The van der Waals surface area contributed by atoms with Gasteiger partial charge in [-0.1, -0.05) is 18.2 Å². The van der Waals surface area contributed by atoms with Crippen LogP contribution < -0.4 is 5.73 Å². The van der Waals surface area contributed by atoms with Gasteiger partial charge in [-0.25, -0.2) is 4.79 Å². The molecule has 0 aromatic heterocycles. The van der Waals surface area contributed by atoms with Crippen LogP contribution in [0.15, 0.2) is 30.3 Å². The van der Waals surface area contributed by atoms with Crippen molar-refractivity contribution in [2.75, 3.05) is 159 Å². The minimum atomic E-state index is -0.357. The monoisotopic (exact) mass is 649 g/mol. The fourth-order valence-corrected chi connectivity index (χ4v) is 3.24. The van der Waals surface area contributed by atoms with E-state index in [9.17, 15) is 4.79 Å².